The molecule has 144 valence electrons. The third-order valence-electron chi connectivity index (χ3n) is 4.37. The maximum atomic E-state index is 14.3. The van der Waals surface area contributed by atoms with Crippen molar-refractivity contribution < 1.29 is 31.8 Å². The van der Waals surface area contributed by atoms with Gasteiger partial charge in [0.15, 0.2) is 0 Å². The summed E-state index contributed by atoms with van der Waals surface area (Å²) in [7, 11) is 0. The summed E-state index contributed by atoms with van der Waals surface area (Å²) >= 11 is 0. The molecule has 0 radical (unpaired) electrons. The average molecular weight is 384 g/mol. The van der Waals surface area contributed by atoms with Gasteiger partial charge in [0.25, 0.3) is 5.91 Å². The standard InChI is InChI=1S/C18H16F4N2O3/c1-8-4-12-11(10-3-2-9(19)5-13(10)20)6-14(16(23)25)24-17(12)27-15(8)7-26-18(21)22/h2-3,5-6,8,15,18H,4,7H2,1H3,(H2,23,25)/t8-,15+/m0/s1. The summed E-state index contributed by atoms with van der Waals surface area (Å²) in [6.45, 7) is -1.56. The lowest BCUT2D eigenvalue weighted by Crippen LogP contribution is -2.36. The molecule has 0 saturated carbocycles. The van der Waals surface area contributed by atoms with Crippen molar-refractivity contribution in [3.05, 3.63) is 47.2 Å². The van der Waals surface area contributed by atoms with Gasteiger partial charge in [0, 0.05) is 17.2 Å². The lowest BCUT2D eigenvalue weighted by atomic mass is 9.88. The van der Waals surface area contributed by atoms with Gasteiger partial charge >= 0.3 is 6.61 Å². The highest BCUT2D eigenvalue weighted by Gasteiger charge is 2.32. The van der Waals surface area contributed by atoms with Gasteiger partial charge in [-0.15, -0.1) is 0 Å². The van der Waals surface area contributed by atoms with E-state index in [9.17, 15) is 22.4 Å². The van der Waals surface area contributed by atoms with Gasteiger partial charge in [0.05, 0.1) is 6.61 Å². The number of nitrogens with zero attached hydrogens (tertiary/aromatic N) is 1. The van der Waals surface area contributed by atoms with E-state index < -0.39 is 30.3 Å². The van der Waals surface area contributed by atoms with Crippen LogP contribution < -0.4 is 10.5 Å². The molecular weight excluding hydrogens is 368 g/mol. The molecule has 1 aliphatic rings. The van der Waals surface area contributed by atoms with Crippen LogP contribution in [0.15, 0.2) is 24.3 Å². The predicted molar refractivity (Wildman–Crippen MR) is 87.3 cm³/mol. The number of nitrogens with two attached hydrogens (primary N) is 1. The number of benzene rings is 1. The molecule has 1 aromatic carbocycles. The lowest BCUT2D eigenvalue weighted by molar-refractivity contribution is -0.150. The molecule has 0 aliphatic carbocycles. The summed E-state index contributed by atoms with van der Waals surface area (Å²) in [5.74, 6) is -2.70. The molecule has 2 heterocycles. The van der Waals surface area contributed by atoms with Crippen molar-refractivity contribution in [3.8, 4) is 17.0 Å². The highest BCUT2D eigenvalue weighted by atomic mass is 19.3. The molecule has 0 spiro atoms. The average Bonchev–Trinajstić information content (AvgIpc) is 2.59. The van der Waals surface area contributed by atoms with E-state index in [-0.39, 0.29) is 35.2 Å². The summed E-state index contributed by atoms with van der Waals surface area (Å²) in [6, 6.07) is 4.35. The normalized spacial score (nSPS) is 18.9. The zero-order valence-corrected chi connectivity index (χ0v) is 14.2. The number of alkyl halides is 2. The zero-order valence-electron chi connectivity index (χ0n) is 14.2. The van der Waals surface area contributed by atoms with Crippen molar-refractivity contribution in [1.82, 2.24) is 4.98 Å². The minimum absolute atomic E-state index is 0.00834. The van der Waals surface area contributed by atoms with Crippen LogP contribution in [-0.2, 0) is 11.2 Å². The molecular formula is C18H16F4N2O3. The van der Waals surface area contributed by atoms with Crippen LogP contribution in [0, 0.1) is 17.6 Å². The van der Waals surface area contributed by atoms with Gasteiger partial charge in [-0.25, -0.2) is 13.8 Å². The number of ether oxygens (including phenoxy) is 2. The molecule has 0 bridgehead atoms. The molecule has 27 heavy (non-hydrogen) atoms. The summed E-state index contributed by atoms with van der Waals surface area (Å²) in [4.78, 5) is 15.6. The number of aromatic nitrogens is 1. The molecule has 2 atom stereocenters. The third-order valence-corrected chi connectivity index (χ3v) is 4.37. The third kappa shape index (κ3) is 4.02. The monoisotopic (exact) mass is 384 g/mol. The van der Waals surface area contributed by atoms with E-state index >= 15 is 0 Å². The summed E-state index contributed by atoms with van der Waals surface area (Å²) in [5.41, 5.74) is 5.91. The number of hydrogen-bond acceptors (Lipinski definition) is 4. The molecule has 1 amide bonds. The number of amides is 1. The number of halogens is 4. The Morgan fingerprint density at radius 1 is 1.33 bits per heavy atom. The van der Waals surface area contributed by atoms with Crippen LogP contribution in [-0.4, -0.2) is 30.2 Å². The SMILES string of the molecule is C[C@H]1Cc2c(-c3ccc(F)cc3F)cc(C(N)=O)nc2O[C@@H]1COC(F)F. The number of hydrogen-bond donors (Lipinski definition) is 1. The Morgan fingerprint density at radius 2 is 2.07 bits per heavy atom. The molecule has 0 unspecified atom stereocenters. The Labute approximate surface area is 152 Å². The van der Waals surface area contributed by atoms with Crippen molar-refractivity contribution in [3.63, 3.8) is 0 Å². The van der Waals surface area contributed by atoms with Crippen molar-refractivity contribution in [1.29, 1.82) is 0 Å². The maximum absolute atomic E-state index is 14.3. The Bertz CT molecular complexity index is 876. The molecule has 0 saturated heterocycles. The van der Waals surface area contributed by atoms with Crippen LogP contribution in [0.4, 0.5) is 17.6 Å². The van der Waals surface area contributed by atoms with Crippen molar-refractivity contribution in [2.45, 2.75) is 26.1 Å². The fourth-order valence-corrected chi connectivity index (χ4v) is 3.00. The Kier molecular flexibility index (Phi) is 5.31. The van der Waals surface area contributed by atoms with E-state index in [0.29, 0.717) is 12.0 Å². The minimum Gasteiger partial charge on any atom is -0.471 e. The first-order chi connectivity index (χ1) is 12.8. The first-order valence-electron chi connectivity index (χ1n) is 8.11. The molecule has 2 N–H and O–H groups in total. The van der Waals surface area contributed by atoms with Crippen LogP contribution in [0.25, 0.3) is 11.1 Å². The van der Waals surface area contributed by atoms with Crippen LogP contribution in [0.2, 0.25) is 0 Å². The molecule has 5 nitrogen and oxygen atoms in total. The fourth-order valence-electron chi connectivity index (χ4n) is 3.00. The van der Waals surface area contributed by atoms with Crippen LogP contribution >= 0.6 is 0 Å². The first kappa shape index (κ1) is 19.1. The molecule has 9 heteroatoms. The second kappa shape index (κ2) is 7.51. The topological polar surface area (TPSA) is 74.4 Å². The van der Waals surface area contributed by atoms with Crippen LogP contribution in [0.3, 0.4) is 0 Å². The molecule has 0 fully saturated rings. The number of primary amides is 1. The minimum atomic E-state index is -2.95. The fraction of sp³-hybridized carbons (Fsp3) is 0.333. The number of rotatable bonds is 5. The number of fused-ring (bicyclic) bond motifs is 1. The van der Waals surface area contributed by atoms with Gasteiger partial charge in [-0.2, -0.15) is 8.78 Å². The Hall–Kier alpha value is -2.68. The quantitative estimate of drug-likeness (QED) is 0.803. The van der Waals surface area contributed by atoms with Gasteiger partial charge in [-0.3, -0.25) is 4.79 Å². The van der Waals surface area contributed by atoms with Crippen molar-refractivity contribution in [2.75, 3.05) is 6.61 Å². The van der Waals surface area contributed by atoms with Gasteiger partial charge in [-0.05, 0) is 36.1 Å². The molecule has 1 aromatic heterocycles. The van der Waals surface area contributed by atoms with Crippen LogP contribution in [0.1, 0.15) is 23.0 Å². The smallest absolute Gasteiger partial charge is 0.345 e. The van der Waals surface area contributed by atoms with E-state index in [0.717, 1.165) is 12.1 Å². The van der Waals surface area contributed by atoms with Gasteiger partial charge in [-0.1, -0.05) is 6.92 Å². The summed E-state index contributed by atoms with van der Waals surface area (Å²) < 4.78 is 62.1. The number of pyridine rings is 1. The highest BCUT2D eigenvalue weighted by molar-refractivity contribution is 5.93. The number of carbonyl (C=O) groups excluding carboxylic acids is 1. The van der Waals surface area contributed by atoms with Gasteiger partial charge in [0.1, 0.15) is 23.4 Å². The second-order valence-electron chi connectivity index (χ2n) is 6.26. The van der Waals surface area contributed by atoms with E-state index in [1.165, 1.54) is 12.1 Å². The second-order valence-corrected chi connectivity index (χ2v) is 6.26. The van der Waals surface area contributed by atoms with Gasteiger partial charge < -0.3 is 15.2 Å². The number of carbonyl (C=O) groups is 1. The lowest BCUT2D eigenvalue weighted by Gasteiger charge is -2.32. The molecule has 2 aromatic rings. The van der Waals surface area contributed by atoms with E-state index in [4.69, 9.17) is 10.5 Å². The summed E-state index contributed by atoms with van der Waals surface area (Å²) in [5, 5.41) is 0. The van der Waals surface area contributed by atoms with E-state index in [1.807, 2.05) is 0 Å². The van der Waals surface area contributed by atoms with Gasteiger partial charge in [0.2, 0.25) is 5.88 Å². The maximum Gasteiger partial charge on any atom is 0.345 e. The van der Waals surface area contributed by atoms with Crippen molar-refractivity contribution >= 4 is 5.91 Å². The van der Waals surface area contributed by atoms with Crippen LogP contribution in [0.5, 0.6) is 5.88 Å². The molecule has 1 aliphatic heterocycles. The highest BCUT2D eigenvalue weighted by Crippen LogP contribution is 2.38. The Morgan fingerprint density at radius 3 is 2.70 bits per heavy atom. The van der Waals surface area contributed by atoms with E-state index in [1.54, 1.807) is 6.92 Å². The largest absolute Gasteiger partial charge is 0.471 e. The molecule has 3 rings (SSSR count). The van der Waals surface area contributed by atoms with E-state index in [2.05, 4.69) is 9.72 Å². The van der Waals surface area contributed by atoms with Crippen molar-refractivity contribution in [2.24, 2.45) is 11.7 Å². The first-order valence-corrected chi connectivity index (χ1v) is 8.11. The zero-order chi connectivity index (χ0) is 19.7. The predicted octanol–water partition coefficient (Wildman–Crippen LogP) is 3.30. The Balaban J connectivity index is 2.07. The summed E-state index contributed by atoms with van der Waals surface area (Å²) in [6.07, 6.45) is -0.418.